The summed E-state index contributed by atoms with van der Waals surface area (Å²) in [5, 5.41) is 2.97. The van der Waals surface area contributed by atoms with Crippen LogP contribution in [0.2, 0.25) is 0 Å². The molecular formula is C23H26F3N3O. The minimum absolute atomic E-state index is 0.0253. The number of hydrogen-bond acceptors (Lipinski definition) is 3. The van der Waals surface area contributed by atoms with Gasteiger partial charge >= 0.3 is 6.18 Å². The number of carbonyl (C=O) groups excluding carboxylic acids is 1. The summed E-state index contributed by atoms with van der Waals surface area (Å²) in [6, 6.07) is 13.8. The van der Waals surface area contributed by atoms with Gasteiger partial charge < -0.3 is 15.1 Å². The molecule has 0 aromatic heterocycles. The van der Waals surface area contributed by atoms with E-state index in [0.717, 1.165) is 24.0 Å². The topological polar surface area (TPSA) is 35.6 Å². The van der Waals surface area contributed by atoms with E-state index in [2.05, 4.69) is 15.1 Å². The van der Waals surface area contributed by atoms with Gasteiger partial charge in [-0.3, -0.25) is 4.79 Å². The maximum Gasteiger partial charge on any atom is 0.416 e. The van der Waals surface area contributed by atoms with Crippen molar-refractivity contribution in [2.75, 3.05) is 29.4 Å². The van der Waals surface area contributed by atoms with Gasteiger partial charge in [0.15, 0.2) is 0 Å². The number of benzene rings is 2. The molecule has 0 spiro atoms. The van der Waals surface area contributed by atoms with E-state index in [1.54, 1.807) is 6.07 Å². The van der Waals surface area contributed by atoms with E-state index in [1.165, 1.54) is 6.07 Å². The lowest BCUT2D eigenvalue weighted by atomic mass is 9.82. The molecule has 4 nitrogen and oxygen atoms in total. The summed E-state index contributed by atoms with van der Waals surface area (Å²) >= 11 is 0. The highest BCUT2D eigenvalue weighted by molar-refractivity contribution is 5.82. The second kappa shape index (κ2) is 7.85. The number of halogens is 3. The second-order valence-electron chi connectivity index (χ2n) is 8.36. The third-order valence-corrected chi connectivity index (χ3v) is 5.93. The molecule has 4 rings (SSSR count). The van der Waals surface area contributed by atoms with Crippen molar-refractivity contribution in [3.8, 4) is 0 Å². The molecule has 2 atom stereocenters. The summed E-state index contributed by atoms with van der Waals surface area (Å²) in [6.07, 6.45) is -4.09. The van der Waals surface area contributed by atoms with Gasteiger partial charge in [0.25, 0.3) is 0 Å². The number of hydrogen-bond donors (Lipinski definition) is 1. The van der Waals surface area contributed by atoms with Crippen LogP contribution in [0.1, 0.15) is 25.0 Å². The number of amides is 1. The Balaban J connectivity index is 1.69. The first-order valence-electron chi connectivity index (χ1n) is 10.3. The van der Waals surface area contributed by atoms with Gasteiger partial charge in [0, 0.05) is 37.1 Å². The Kier molecular flexibility index (Phi) is 5.38. The highest BCUT2D eigenvalue weighted by Gasteiger charge is 2.42. The third kappa shape index (κ3) is 3.98. The quantitative estimate of drug-likeness (QED) is 0.817. The predicted molar refractivity (Wildman–Crippen MR) is 112 cm³/mol. The zero-order valence-corrected chi connectivity index (χ0v) is 17.1. The largest absolute Gasteiger partial charge is 0.416 e. The van der Waals surface area contributed by atoms with Crippen LogP contribution in [0.25, 0.3) is 0 Å². The number of piperazine rings is 1. The van der Waals surface area contributed by atoms with Crippen molar-refractivity contribution in [2.24, 2.45) is 5.92 Å². The van der Waals surface area contributed by atoms with E-state index < -0.39 is 17.7 Å². The number of alkyl halides is 3. The Morgan fingerprint density at radius 1 is 1.10 bits per heavy atom. The molecule has 1 saturated heterocycles. The Morgan fingerprint density at radius 2 is 1.83 bits per heavy atom. The predicted octanol–water partition coefficient (Wildman–Crippen LogP) is 4.10. The Morgan fingerprint density at radius 3 is 2.50 bits per heavy atom. The summed E-state index contributed by atoms with van der Waals surface area (Å²) in [6.45, 7) is 5.85. The molecule has 2 aromatic carbocycles. The summed E-state index contributed by atoms with van der Waals surface area (Å²) in [4.78, 5) is 17.4. The van der Waals surface area contributed by atoms with Gasteiger partial charge in [0.1, 0.15) is 0 Å². The van der Waals surface area contributed by atoms with Gasteiger partial charge in [-0.2, -0.15) is 13.2 Å². The molecule has 2 heterocycles. The molecule has 0 bridgehead atoms. The smallest absolute Gasteiger partial charge is 0.368 e. The fourth-order valence-corrected chi connectivity index (χ4v) is 4.56. The van der Waals surface area contributed by atoms with Crippen molar-refractivity contribution in [1.82, 2.24) is 5.32 Å². The molecule has 1 N–H and O–H groups in total. The third-order valence-electron chi connectivity index (χ3n) is 5.93. The normalized spacial score (nSPS) is 21.3. The fraction of sp³-hybridized carbons (Fsp3) is 0.435. The van der Waals surface area contributed by atoms with Crippen LogP contribution in [-0.2, 0) is 17.4 Å². The highest BCUT2D eigenvalue weighted by atomic mass is 19.4. The molecular weight excluding hydrogens is 391 g/mol. The Bertz CT molecular complexity index is 914. The highest BCUT2D eigenvalue weighted by Crippen LogP contribution is 2.40. The first-order valence-corrected chi connectivity index (χ1v) is 10.3. The van der Waals surface area contributed by atoms with Crippen LogP contribution in [0.5, 0.6) is 0 Å². The van der Waals surface area contributed by atoms with E-state index in [9.17, 15) is 18.0 Å². The SMILES string of the molecule is CC(C)NC(=O)[C@@H]1Cc2cc(C(F)(F)F)ccc2N2CCN(c3ccccc3)C[C@@H]12. The van der Waals surface area contributed by atoms with Crippen LogP contribution in [-0.4, -0.2) is 37.6 Å². The van der Waals surface area contributed by atoms with Crippen LogP contribution in [0.15, 0.2) is 48.5 Å². The number of nitrogens with zero attached hydrogens (tertiary/aromatic N) is 2. The minimum atomic E-state index is -4.40. The maximum atomic E-state index is 13.3. The van der Waals surface area contributed by atoms with Crippen LogP contribution >= 0.6 is 0 Å². The fourth-order valence-electron chi connectivity index (χ4n) is 4.56. The van der Waals surface area contributed by atoms with Gasteiger partial charge in [-0.25, -0.2) is 0 Å². The maximum absolute atomic E-state index is 13.3. The van der Waals surface area contributed by atoms with Crippen LogP contribution < -0.4 is 15.1 Å². The van der Waals surface area contributed by atoms with Crippen LogP contribution in [0.4, 0.5) is 24.5 Å². The average Bonchev–Trinajstić information content (AvgIpc) is 2.71. The minimum Gasteiger partial charge on any atom is -0.368 e. The zero-order valence-electron chi connectivity index (χ0n) is 17.1. The van der Waals surface area contributed by atoms with Gasteiger partial charge in [-0.15, -0.1) is 0 Å². The Labute approximate surface area is 174 Å². The van der Waals surface area contributed by atoms with E-state index in [-0.39, 0.29) is 18.0 Å². The van der Waals surface area contributed by atoms with Gasteiger partial charge in [0.05, 0.1) is 17.5 Å². The van der Waals surface area contributed by atoms with Crippen molar-refractivity contribution in [1.29, 1.82) is 0 Å². The molecule has 2 aliphatic heterocycles. The van der Waals surface area contributed by atoms with Gasteiger partial charge in [-0.05, 0) is 56.2 Å². The van der Waals surface area contributed by atoms with Gasteiger partial charge in [-0.1, -0.05) is 18.2 Å². The lowest BCUT2D eigenvalue weighted by Crippen LogP contribution is -2.61. The van der Waals surface area contributed by atoms with E-state index in [1.807, 2.05) is 44.2 Å². The number of fused-ring (bicyclic) bond motifs is 3. The summed E-state index contributed by atoms with van der Waals surface area (Å²) in [7, 11) is 0. The lowest BCUT2D eigenvalue weighted by molar-refractivity contribution is -0.137. The average molecular weight is 417 g/mol. The van der Waals surface area contributed by atoms with Crippen molar-refractivity contribution in [3.05, 3.63) is 59.7 Å². The number of carbonyl (C=O) groups is 1. The monoisotopic (exact) mass is 417 g/mol. The van der Waals surface area contributed by atoms with Crippen LogP contribution in [0, 0.1) is 5.92 Å². The molecule has 7 heteroatoms. The molecule has 2 aliphatic rings. The molecule has 1 amide bonds. The number of rotatable bonds is 3. The second-order valence-corrected chi connectivity index (χ2v) is 8.36. The number of nitrogens with one attached hydrogen (secondary N) is 1. The van der Waals surface area contributed by atoms with Crippen molar-refractivity contribution >= 4 is 17.3 Å². The molecule has 0 aliphatic carbocycles. The first-order chi connectivity index (χ1) is 14.2. The lowest BCUT2D eigenvalue weighted by Gasteiger charge is -2.49. The zero-order chi connectivity index (χ0) is 21.5. The molecule has 160 valence electrons. The van der Waals surface area contributed by atoms with E-state index in [0.29, 0.717) is 25.1 Å². The first kappa shape index (κ1) is 20.6. The van der Waals surface area contributed by atoms with Crippen LogP contribution in [0.3, 0.4) is 0 Å². The van der Waals surface area contributed by atoms with E-state index >= 15 is 0 Å². The standard InChI is InChI=1S/C23H26F3N3O/c1-15(2)27-22(30)19-13-16-12-17(23(24,25)26)8-9-20(16)29-11-10-28(14-21(19)29)18-6-4-3-5-7-18/h3-9,12,15,19,21H,10-11,13-14H2,1-2H3,(H,27,30)/t19-,21+/m1/s1. The van der Waals surface area contributed by atoms with E-state index in [4.69, 9.17) is 0 Å². The van der Waals surface area contributed by atoms with Crippen molar-refractivity contribution < 1.29 is 18.0 Å². The summed E-state index contributed by atoms with van der Waals surface area (Å²) in [5.74, 6) is -0.507. The molecule has 0 saturated carbocycles. The van der Waals surface area contributed by atoms with Gasteiger partial charge in [0.2, 0.25) is 5.91 Å². The molecule has 1 fully saturated rings. The molecule has 0 unspecified atom stereocenters. The molecule has 2 aromatic rings. The summed E-state index contributed by atoms with van der Waals surface area (Å²) < 4.78 is 39.8. The number of anilines is 2. The Hall–Kier alpha value is -2.70. The summed E-state index contributed by atoms with van der Waals surface area (Å²) in [5.41, 5.74) is 1.84. The van der Waals surface area contributed by atoms with Crippen molar-refractivity contribution in [3.63, 3.8) is 0 Å². The van der Waals surface area contributed by atoms with Crippen molar-refractivity contribution in [2.45, 2.75) is 38.5 Å². The number of para-hydroxylation sites is 1. The molecule has 0 radical (unpaired) electrons. The molecule has 30 heavy (non-hydrogen) atoms.